The quantitative estimate of drug-likeness (QED) is 0.754. The molecule has 2 aromatic heterocycles. The summed E-state index contributed by atoms with van der Waals surface area (Å²) in [6.45, 7) is 3.79. The van der Waals surface area contributed by atoms with E-state index >= 15 is 0 Å². The lowest BCUT2D eigenvalue weighted by molar-refractivity contribution is 0.667. The van der Waals surface area contributed by atoms with Gasteiger partial charge < -0.3 is 10.3 Å². The first-order valence-corrected chi connectivity index (χ1v) is 5.76. The fourth-order valence-electron chi connectivity index (χ4n) is 1.33. The van der Waals surface area contributed by atoms with E-state index < -0.39 is 0 Å². The van der Waals surface area contributed by atoms with E-state index in [0.717, 1.165) is 30.3 Å². The Hall–Kier alpha value is -1.20. The van der Waals surface area contributed by atoms with Crippen LogP contribution in [-0.4, -0.2) is 21.5 Å². The minimum Gasteiger partial charge on any atom is -0.348 e. The lowest BCUT2D eigenvalue weighted by atomic mass is 10.4. The lowest BCUT2D eigenvalue weighted by Gasteiger charge is -2.00. The molecule has 0 aliphatic carbocycles. The van der Waals surface area contributed by atoms with Crippen LogP contribution in [-0.2, 0) is 13.0 Å². The van der Waals surface area contributed by atoms with Gasteiger partial charge in [0.15, 0.2) is 0 Å². The van der Waals surface area contributed by atoms with Crippen molar-refractivity contribution in [3.63, 3.8) is 0 Å². The van der Waals surface area contributed by atoms with Gasteiger partial charge in [-0.3, -0.25) is 0 Å². The van der Waals surface area contributed by atoms with Gasteiger partial charge in [-0.25, -0.2) is 9.97 Å². The Morgan fingerprint density at radius 2 is 2.40 bits per heavy atom. The normalized spacial score (nSPS) is 10.7. The van der Waals surface area contributed by atoms with E-state index in [1.807, 2.05) is 19.3 Å². The molecule has 5 heteroatoms. The molecule has 0 saturated heterocycles. The largest absolute Gasteiger partial charge is 0.348 e. The molecule has 0 amide bonds. The van der Waals surface area contributed by atoms with Crippen LogP contribution in [0.5, 0.6) is 0 Å². The molecule has 0 fully saturated rings. The second kappa shape index (κ2) is 5.04. The molecule has 2 heterocycles. The van der Waals surface area contributed by atoms with Crippen LogP contribution in [0.15, 0.2) is 18.6 Å². The number of nitrogens with zero attached hydrogens (tertiary/aromatic N) is 2. The van der Waals surface area contributed by atoms with Gasteiger partial charge in [0.05, 0.1) is 11.6 Å². The van der Waals surface area contributed by atoms with E-state index in [2.05, 4.69) is 20.3 Å². The number of aryl methyl sites for hydroxylation is 1. The number of aromatic amines is 1. The molecule has 0 spiro atoms. The third-order valence-corrected chi connectivity index (χ3v) is 3.04. The second-order valence-corrected chi connectivity index (χ2v) is 4.63. The zero-order valence-electron chi connectivity index (χ0n) is 8.66. The van der Waals surface area contributed by atoms with E-state index in [4.69, 9.17) is 0 Å². The highest BCUT2D eigenvalue weighted by atomic mass is 32.1. The number of hydrogen-bond donors (Lipinski definition) is 2. The van der Waals surface area contributed by atoms with Crippen LogP contribution < -0.4 is 5.32 Å². The third-order valence-electron chi connectivity index (χ3n) is 2.06. The lowest BCUT2D eigenvalue weighted by Crippen LogP contribution is -2.17. The molecule has 0 bridgehead atoms. The number of imidazole rings is 1. The minimum absolute atomic E-state index is 0.796. The first kappa shape index (κ1) is 10.3. The fourth-order valence-corrected chi connectivity index (χ4v) is 2.13. The van der Waals surface area contributed by atoms with Crippen LogP contribution >= 0.6 is 11.3 Å². The standard InChI is InChI=1S/C10H14N4S/c1-8-14-6-9(15-8)2-3-11-7-10-12-4-5-13-10/h4-6,11H,2-3,7H2,1H3,(H,12,13). The molecule has 0 saturated carbocycles. The maximum absolute atomic E-state index is 4.22. The van der Waals surface area contributed by atoms with Crippen molar-refractivity contribution in [2.24, 2.45) is 0 Å². The smallest absolute Gasteiger partial charge is 0.120 e. The van der Waals surface area contributed by atoms with Gasteiger partial charge in [-0.05, 0) is 13.3 Å². The second-order valence-electron chi connectivity index (χ2n) is 3.31. The summed E-state index contributed by atoms with van der Waals surface area (Å²) in [4.78, 5) is 12.7. The number of hydrogen-bond acceptors (Lipinski definition) is 4. The van der Waals surface area contributed by atoms with Crippen molar-refractivity contribution >= 4 is 11.3 Å². The van der Waals surface area contributed by atoms with Crippen molar-refractivity contribution in [2.75, 3.05) is 6.54 Å². The zero-order valence-corrected chi connectivity index (χ0v) is 9.47. The zero-order chi connectivity index (χ0) is 10.5. The highest BCUT2D eigenvalue weighted by molar-refractivity contribution is 7.11. The maximum atomic E-state index is 4.22. The predicted molar refractivity (Wildman–Crippen MR) is 60.8 cm³/mol. The fraction of sp³-hybridized carbons (Fsp3) is 0.400. The molecule has 2 aromatic rings. The van der Waals surface area contributed by atoms with Crippen LogP contribution in [0.1, 0.15) is 15.7 Å². The predicted octanol–water partition coefficient (Wildman–Crippen LogP) is 1.51. The van der Waals surface area contributed by atoms with E-state index in [9.17, 15) is 0 Å². The summed E-state index contributed by atoms with van der Waals surface area (Å²) in [5, 5.41) is 4.47. The van der Waals surface area contributed by atoms with Crippen molar-refractivity contribution in [3.8, 4) is 0 Å². The minimum atomic E-state index is 0.796. The Bertz CT molecular complexity index is 393. The number of rotatable bonds is 5. The Morgan fingerprint density at radius 1 is 1.47 bits per heavy atom. The first-order valence-electron chi connectivity index (χ1n) is 4.95. The van der Waals surface area contributed by atoms with Gasteiger partial charge >= 0.3 is 0 Å². The summed E-state index contributed by atoms with van der Waals surface area (Å²) >= 11 is 1.76. The molecular formula is C10H14N4S. The molecule has 0 radical (unpaired) electrons. The van der Waals surface area contributed by atoms with E-state index in [1.165, 1.54) is 4.88 Å². The average Bonchev–Trinajstić information content (AvgIpc) is 2.84. The Morgan fingerprint density at radius 3 is 3.07 bits per heavy atom. The molecule has 0 unspecified atom stereocenters. The van der Waals surface area contributed by atoms with Crippen LogP contribution in [0, 0.1) is 6.92 Å². The van der Waals surface area contributed by atoms with Crippen molar-refractivity contribution < 1.29 is 0 Å². The number of H-pyrrole nitrogens is 1. The summed E-state index contributed by atoms with van der Waals surface area (Å²) in [5.74, 6) is 0.982. The average molecular weight is 222 g/mol. The molecular weight excluding hydrogens is 208 g/mol. The molecule has 15 heavy (non-hydrogen) atoms. The topological polar surface area (TPSA) is 53.6 Å². The molecule has 0 aliphatic heterocycles. The van der Waals surface area contributed by atoms with Gasteiger partial charge in [0, 0.05) is 30.0 Å². The Balaban J connectivity index is 1.67. The summed E-state index contributed by atoms with van der Waals surface area (Å²) in [7, 11) is 0. The molecule has 2 N–H and O–H groups in total. The van der Waals surface area contributed by atoms with E-state index in [0.29, 0.717) is 0 Å². The summed E-state index contributed by atoms with van der Waals surface area (Å²) in [6.07, 6.45) is 6.59. The maximum Gasteiger partial charge on any atom is 0.120 e. The van der Waals surface area contributed by atoms with Crippen LogP contribution in [0.3, 0.4) is 0 Å². The van der Waals surface area contributed by atoms with E-state index in [-0.39, 0.29) is 0 Å². The first-order chi connectivity index (χ1) is 7.34. The summed E-state index contributed by atoms with van der Waals surface area (Å²) in [6, 6.07) is 0. The Labute approximate surface area is 92.8 Å². The molecule has 0 atom stereocenters. The van der Waals surface area contributed by atoms with Crippen molar-refractivity contribution in [2.45, 2.75) is 19.9 Å². The van der Waals surface area contributed by atoms with Crippen molar-refractivity contribution in [1.29, 1.82) is 0 Å². The molecule has 0 aromatic carbocycles. The third kappa shape index (κ3) is 3.14. The summed E-state index contributed by atoms with van der Waals surface area (Å²) in [5.41, 5.74) is 0. The highest BCUT2D eigenvalue weighted by Crippen LogP contribution is 2.11. The number of nitrogens with one attached hydrogen (secondary N) is 2. The van der Waals surface area contributed by atoms with Crippen LogP contribution in [0.4, 0.5) is 0 Å². The van der Waals surface area contributed by atoms with Gasteiger partial charge in [-0.2, -0.15) is 0 Å². The molecule has 80 valence electrons. The van der Waals surface area contributed by atoms with Gasteiger partial charge in [0.2, 0.25) is 0 Å². The number of thiazole rings is 1. The molecule has 2 rings (SSSR count). The van der Waals surface area contributed by atoms with Gasteiger partial charge in [0.25, 0.3) is 0 Å². The SMILES string of the molecule is Cc1ncc(CCNCc2ncc[nH]2)s1. The van der Waals surface area contributed by atoms with E-state index in [1.54, 1.807) is 17.5 Å². The van der Waals surface area contributed by atoms with Gasteiger partial charge in [-0.1, -0.05) is 0 Å². The van der Waals surface area contributed by atoms with Gasteiger partial charge in [0.1, 0.15) is 5.82 Å². The van der Waals surface area contributed by atoms with Crippen molar-refractivity contribution in [1.82, 2.24) is 20.3 Å². The van der Waals surface area contributed by atoms with Crippen molar-refractivity contribution in [3.05, 3.63) is 34.3 Å². The summed E-state index contributed by atoms with van der Waals surface area (Å²) < 4.78 is 0. The number of aromatic nitrogens is 3. The molecule has 4 nitrogen and oxygen atoms in total. The van der Waals surface area contributed by atoms with Gasteiger partial charge in [-0.15, -0.1) is 11.3 Å². The highest BCUT2D eigenvalue weighted by Gasteiger charge is 1.98. The molecule has 0 aliphatic rings. The van der Waals surface area contributed by atoms with Crippen LogP contribution in [0.2, 0.25) is 0 Å². The van der Waals surface area contributed by atoms with Crippen LogP contribution in [0.25, 0.3) is 0 Å². The Kier molecular flexibility index (Phi) is 3.47. The monoisotopic (exact) mass is 222 g/mol.